The van der Waals surface area contributed by atoms with Crippen LogP contribution in [0.1, 0.15) is 24.1 Å². The topological polar surface area (TPSA) is 12.0 Å². The molecule has 0 bridgehead atoms. The second-order valence-electron chi connectivity index (χ2n) is 4.29. The van der Waals surface area contributed by atoms with Gasteiger partial charge in [0.2, 0.25) is 0 Å². The van der Waals surface area contributed by atoms with Crippen molar-refractivity contribution in [1.82, 2.24) is 0 Å². The number of nitrogens with one attached hydrogen (secondary N) is 1. The van der Waals surface area contributed by atoms with Gasteiger partial charge in [-0.1, -0.05) is 45.8 Å². The van der Waals surface area contributed by atoms with Crippen LogP contribution in [0.3, 0.4) is 0 Å². The second kappa shape index (κ2) is 5.37. The number of rotatable bonds is 3. The first-order valence-electron chi connectivity index (χ1n) is 5.74. The van der Waals surface area contributed by atoms with Crippen molar-refractivity contribution >= 4 is 21.6 Å². The van der Waals surface area contributed by atoms with Crippen LogP contribution in [0.15, 0.2) is 53.0 Å². The zero-order valence-corrected chi connectivity index (χ0v) is 11.7. The van der Waals surface area contributed by atoms with Gasteiger partial charge >= 0.3 is 0 Å². The van der Waals surface area contributed by atoms with Gasteiger partial charge in [0.25, 0.3) is 0 Å². The number of hydrogen-bond donors (Lipinski definition) is 1. The molecule has 1 N–H and O–H groups in total. The van der Waals surface area contributed by atoms with Gasteiger partial charge in [0, 0.05) is 16.2 Å². The molecule has 0 saturated carbocycles. The van der Waals surface area contributed by atoms with Gasteiger partial charge in [-0.05, 0) is 43.7 Å². The van der Waals surface area contributed by atoms with E-state index in [0.717, 1.165) is 10.2 Å². The minimum Gasteiger partial charge on any atom is -0.379 e. The third kappa shape index (κ3) is 3.34. The first-order chi connectivity index (χ1) is 8.15. The van der Waals surface area contributed by atoms with Crippen molar-refractivity contribution in [3.05, 3.63) is 64.1 Å². The maximum atomic E-state index is 3.50. The number of aryl methyl sites for hydroxylation is 1. The molecule has 0 saturated heterocycles. The molecule has 0 radical (unpaired) electrons. The van der Waals surface area contributed by atoms with E-state index in [0.29, 0.717) is 6.04 Å². The Balaban J connectivity index is 2.11. The van der Waals surface area contributed by atoms with Crippen LogP contribution in [-0.2, 0) is 0 Å². The molecular formula is C15H16BrN. The molecule has 1 nitrogen and oxygen atoms in total. The highest BCUT2D eigenvalue weighted by atomic mass is 79.9. The summed E-state index contributed by atoms with van der Waals surface area (Å²) < 4.78 is 1.12. The van der Waals surface area contributed by atoms with Crippen molar-refractivity contribution in [1.29, 1.82) is 0 Å². The third-order valence-electron chi connectivity index (χ3n) is 2.78. The lowest BCUT2D eigenvalue weighted by Gasteiger charge is -2.16. The normalized spacial score (nSPS) is 12.2. The molecule has 1 atom stereocenters. The Morgan fingerprint density at radius 2 is 1.76 bits per heavy atom. The lowest BCUT2D eigenvalue weighted by Crippen LogP contribution is -2.06. The molecule has 2 aromatic rings. The minimum absolute atomic E-state index is 0.301. The van der Waals surface area contributed by atoms with Crippen LogP contribution in [-0.4, -0.2) is 0 Å². The lowest BCUT2D eigenvalue weighted by molar-refractivity contribution is 0.883. The van der Waals surface area contributed by atoms with E-state index in [9.17, 15) is 0 Å². The Labute approximate surface area is 111 Å². The maximum Gasteiger partial charge on any atom is 0.0486 e. The summed E-state index contributed by atoms with van der Waals surface area (Å²) in [6, 6.07) is 17.2. The molecule has 0 aliphatic heterocycles. The fourth-order valence-corrected chi connectivity index (χ4v) is 2.18. The summed E-state index contributed by atoms with van der Waals surface area (Å²) >= 11 is 3.50. The van der Waals surface area contributed by atoms with E-state index in [1.54, 1.807) is 0 Å². The summed E-state index contributed by atoms with van der Waals surface area (Å²) in [6.07, 6.45) is 0. The molecule has 2 aromatic carbocycles. The summed E-state index contributed by atoms with van der Waals surface area (Å²) in [4.78, 5) is 0. The third-order valence-corrected chi connectivity index (χ3v) is 3.28. The smallest absolute Gasteiger partial charge is 0.0486 e. The molecule has 0 fully saturated rings. The Hall–Kier alpha value is -1.28. The molecule has 0 aromatic heterocycles. The number of anilines is 1. The molecule has 2 heteroatoms. The summed E-state index contributed by atoms with van der Waals surface area (Å²) in [5.41, 5.74) is 3.72. The van der Waals surface area contributed by atoms with Crippen molar-refractivity contribution in [3.8, 4) is 0 Å². The highest BCUT2D eigenvalue weighted by Crippen LogP contribution is 2.22. The van der Waals surface area contributed by atoms with Crippen LogP contribution >= 0.6 is 15.9 Å². The van der Waals surface area contributed by atoms with Crippen molar-refractivity contribution < 1.29 is 0 Å². The molecule has 0 spiro atoms. The van der Waals surface area contributed by atoms with E-state index < -0.39 is 0 Å². The van der Waals surface area contributed by atoms with E-state index in [-0.39, 0.29) is 0 Å². The molecule has 0 aliphatic carbocycles. The minimum atomic E-state index is 0.301. The van der Waals surface area contributed by atoms with Crippen molar-refractivity contribution in [2.75, 3.05) is 5.32 Å². The predicted molar refractivity (Wildman–Crippen MR) is 77.4 cm³/mol. The molecule has 1 unspecified atom stereocenters. The average Bonchev–Trinajstić information content (AvgIpc) is 2.32. The molecule has 17 heavy (non-hydrogen) atoms. The zero-order chi connectivity index (χ0) is 12.3. The van der Waals surface area contributed by atoms with Crippen molar-refractivity contribution in [2.24, 2.45) is 0 Å². The molecule has 88 valence electrons. The summed E-state index contributed by atoms with van der Waals surface area (Å²) in [7, 11) is 0. The largest absolute Gasteiger partial charge is 0.379 e. The number of benzene rings is 2. The number of hydrogen-bond acceptors (Lipinski definition) is 1. The van der Waals surface area contributed by atoms with Gasteiger partial charge in [0.05, 0.1) is 0 Å². The monoisotopic (exact) mass is 289 g/mol. The van der Waals surface area contributed by atoms with Crippen LogP contribution in [0.4, 0.5) is 5.69 Å². The second-order valence-corrected chi connectivity index (χ2v) is 5.20. The summed E-state index contributed by atoms with van der Waals surface area (Å²) in [5, 5.41) is 3.49. The van der Waals surface area contributed by atoms with Gasteiger partial charge in [0.1, 0.15) is 0 Å². The standard InChI is InChI=1S/C15H16BrN/c1-11-6-8-15(9-7-11)17-12(2)13-4-3-5-14(16)10-13/h3-10,12,17H,1-2H3. The van der Waals surface area contributed by atoms with Crippen LogP contribution in [0, 0.1) is 6.92 Å². The van der Waals surface area contributed by atoms with Gasteiger partial charge in [-0.3, -0.25) is 0 Å². The summed E-state index contributed by atoms with van der Waals surface area (Å²) in [5.74, 6) is 0. The predicted octanol–water partition coefficient (Wildman–Crippen LogP) is 4.93. The SMILES string of the molecule is Cc1ccc(NC(C)c2cccc(Br)c2)cc1. The summed E-state index contributed by atoms with van der Waals surface area (Å²) in [6.45, 7) is 4.27. The van der Waals surface area contributed by atoms with Crippen LogP contribution in [0.2, 0.25) is 0 Å². The first-order valence-corrected chi connectivity index (χ1v) is 6.53. The van der Waals surface area contributed by atoms with Gasteiger partial charge in [-0.25, -0.2) is 0 Å². The van der Waals surface area contributed by atoms with Crippen LogP contribution < -0.4 is 5.32 Å². The molecule has 0 aliphatic rings. The van der Waals surface area contributed by atoms with Crippen molar-refractivity contribution in [3.63, 3.8) is 0 Å². The zero-order valence-electron chi connectivity index (χ0n) is 10.1. The first kappa shape index (κ1) is 12.2. The highest BCUT2D eigenvalue weighted by molar-refractivity contribution is 9.10. The molecule has 0 heterocycles. The fourth-order valence-electron chi connectivity index (χ4n) is 1.76. The van der Waals surface area contributed by atoms with E-state index in [1.807, 2.05) is 6.07 Å². The van der Waals surface area contributed by atoms with Gasteiger partial charge in [-0.2, -0.15) is 0 Å². The molecule has 0 amide bonds. The molecular weight excluding hydrogens is 274 g/mol. The van der Waals surface area contributed by atoms with Gasteiger partial charge in [0.15, 0.2) is 0 Å². The van der Waals surface area contributed by atoms with E-state index >= 15 is 0 Å². The average molecular weight is 290 g/mol. The highest BCUT2D eigenvalue weighted by Gasteiger charge is 2.05. The van der Waals surface area contributed by atoms with E-state index in [2.05, 4.69) is 77.6 Å². The number of halogens is 1. The van der Waals surface area contributed by atoms with Gasteiger partial charge < -0.3 is 5.32 Å². The van der Waals surface area contributed by atoms with Crippen molar-refractivity contribution in [2.45, 2.75) is 19.9 Å². The quantitative estimate of drug-likeness (QED) is 0.845. The Kier molecular flexibility index (Phi) is 3.85. The molecule has 2 rings (SSSR count). The van der Waals surface area contributed by atoms with E-state index in [4.69, 9.17) is 0 Å². The lowest BCUT2D eigenvalue weighted by atomic mass is 10.1. The van der Waals surface area contributed by atoms with Crippen LogP contribution in [0.25, 0.3) is 0 Å². The van der Waals surface area contributed by atoms with Crippen LogP contribution in [0.5, 0.6) is 0 Å². The Bertz CT molecular complexity index is 491. The van der Waals surface area contributed by atoms with Gasteiger partial charge in [-0.15, -0.1) is 0 Å². The Morgan fingerprint density at radius 3 is 2.41 bits per heavy atom. The van der Waals surface area contributed by atoms with E-state index in [1.165, 1.54) is 11.1 Å². The Morgan fingerprint density at radius 1 is 1.06 bits per heavy atom. The maximum absolute atomic E-state index is 3.50. The fraction of sp³-hybridized carbons (Fsp3) is 0.200.